The Labute approximate surface area is 86.1 Å². The lowest BCUT2D eigenvalue weighted by atomic mass is 10.1. The zero-order valence-electron chi connectivity index (χ0n) is 9.29. The van der Waals surface area contributed by atoms with Crippen molar-refractivity contribution in [3.63, 3.8) is 0 Å². The third kappa shape index (κ3) is 4.39. The van der Waals surface area contributed by atoms with E-state index >= 15 is 0 Å². The predicted molar refractivity (Wildman–Crippen MR) is 58.9 cm³/mol. The van der Waals surface area contributed by atoms with Crippen LogP contribution in [-0.4, -0.2) is 43.9 Å². The molecule has 4 heteroatoms. The van der Waals surface area contributed by atoms with E-state index in [9.17, 15) is 4.79 Å². The van der Waals surface area contributed by atoms with Crippen molar-refractivity contribution in [3.05, 3.63) is 12.3 Å². The highest BCUT2D eigenvalue weighted by Gasteiger charge is 2.15. The Hall–Kier alpha value is -0.870. The van der Waals surface area contributed by atoms with Gasteiger partial charge in [-0.05, 0) is 21.0 Å². The maximum absolute atomic E-state index is 10.5. The van der Waals surface area contributed by atoms with Crippen LogP contribution in [0.4, 0.5) is 0 Å². The highest BCUT2D eigenvalue weighted by Crippen LogP contribution is 2.06. The van der Waals surface area contributed by atoms with Crippen LogP contribution >= 0.6 is 0 Å². The molecule has 2 atom stereocenters. The average molecular weight is 199 g/mol. The lowest BCUT2D eigenvalue weighted by molar-refractivity contribution is -0.108. The highest BCUT2D eigenvalue weighted by molar-refractivity contribution is 5.51. The molecule has 0 rings (SSSR count). The van der Waals surface area contributed by atoms with Gasteiger partial charge in [0.2, 0.25) is 0 Å². The summed E-state index contributed by atoms with van der Waals surface area (Å²) in [4.78, 5) is 12.4. The van der Waals surface area contributed by atoms with E-state index in [-0.39, 0.29) is 12.1 Å². The molecule has 0 aliphatic heterocycles. The van der Waals surface area contributed by atoms with Gasteiger partial charge in [0.15, 0.2) is 0 Å². The minimum absolute atomic E-state index is 0.0431. The SMILES string of the molecule is C=C(NC(C)CN)C(CC=O)N(C)C. The smallest absolute Gasteiger partial charge is 0.121 e. The van der Waals surface area contributed by atoms with Crippen molar-refractivity contribution in [2.45, 2.75) is 25.4 Å². The highest BCUT2D eigenvalue weighted by atomic mass is 16.1. The van der Waals surface area contributed by atoms with Crippen molar-refractivity contribution in [2.24, 2.45) is 5.73 Å². The summed E-state index contributed by atoms with van der Waals surface area (Å²) in [6.45, 7) is 6.46. The third-order valence-electron chi connectivity index (χ3n) is 2.13. The minimum atomic E-state index is 0.0431. The summed E-state index contributed by atoms with van der Waals surface area (Å²) >= 11 is 0. The monoisotopic (exact) mass is 199 g/mol. The van der Waals surface area contributed by atoms with Gasteiger partial charge < -0.3 is 20.7 Å². The van der Waals surface area contributed by atoms with Crippen molar-refractivity contribution in [3.8, 4) is 0 Å². The van der Waals surface area contributed by atoms with Crippen LogP contribution in [0.15, 0.2) is 12.3 Å². The fourth-order valence-electron chi connectivity index (χ4n) is 1.23. The van der Waals surface area contributed by atoms with Crippen molar-refractivity contribution in [1.29, 1.82) is 0 Å². The molecule has 0 saturated carbocycles. The first-order chi connectivity index (χ1) is 6.52. The molecule has 0 fully saturated rings. The first-order valence-electron chi connectivity index (χ1n) is 4.78. The second kappa shape index (κ2) is 6.56. The van der Waals surface area contributed by atoms with Crippen molar-refractivity contribution < 1.29 is 4.79 Å². The normalized spacial score (nSPS) is 14.9. The molecule has 0 aromatic carbocycles. The Bertz CT molecular complexity index is 192. The van der Waals surface area contributed by atoms with Gasteiger partial charge in [0.1, 0.15) is 6.29 Å². The Balaban J connectivity index is 4.21. The summed E-state index contributed by atoms with van der Waals surface area (Å²) in [5.41, 5.74) is 6.33. The van der Waals surface area contributed by atoms with Crippen LogP contribution in [0.1, 0.15) is 13.3 Å². The van der Waals surface area contributed by atoms with Gasteiger partial charge in [-0.15, -0.1) is 0 Å². The molecule has 0 saturated heterocycles. The zero-order chi connectivity index (χ0) is 11.1. The number of carbonyl (C=O) groups excluding carboxylic acids is 1. The van der Waals surface area contributed by atoms with Crippen molar-refractivity contribution >= 4 is 6.29 Å². The minimum Gasteiger partial charge on any atom is -0.384 e. The molecular formula is C10H21N3O. The van der Waals surface area contributed by atoms with E-state index in [4.69, 9.17) is 5.73 Å². The number of likely N-dealkylation sites (N-methyl/N-ethyl adjacent to an activating group) is 1. The Morgan fingerprint density at radius 2 is 2.21 bits per heavy atom. The lowest BCUT2D eigenvalue weighted by Crippen LogP contribution is -2.41. The lowest BCUT2D eigenvalue weighted by Gasteiger charge is -2.27. The number of nitrogens with two attached hydrogens (primary N) is 1. The van der Waals surface area contributed by atoms with E-state index in [0.29, 0.717) is 13.0 Å². The van der Waals surface area contributed by atoms with Crippen LogP contribution < -0.4 is 11.1 Å². The van der Waals surface area contributed by atoms with Gasteiger partial charge in [0.05, 0.1) is 6.04 Å². The molecule has 0 heterocycles. The number of aldehydes is 1. The Morgan fingerprint density at radius 3 is 2.57 bits per heavy atom. The number of rotatable bonds is 7. The van der Waals surface area contributed by atoms with E-state index in [1.807, 2.05) is 25.9 Å². The summed E-state index contributed by atoms with van der Waals surface area (Å²) in [5.74, 6) is 0. The summed E-state index contributed by atoms with van der Waals surface area (Å²) < 4.78 is 0. The standard InChI is InChI=1S/C10H21N3O/c1-8(7-11)12-9(2)10(5-6-14)13(3)4/h6,8,10,12H,2,5,7,11H2,1,3-4H3. The molecule has 0 spiro atoms. The van der Waals surface area contributed by atoms with Gasteiger partial charge in [-0.3, -0.25) is 0 Å². The van der Waals surface area contributed by atoms with Gasteiger partial charge in [0.25, 0.3) is 0 Å². The fourth-order valence-corrected chi connectivity index (χ4v) is 1.23. The van der Waals surface area contributed by atoms with E-state index in [1.54, 1.807) is 0 Å². The number of hydrogen-bond donors (Lipinski definition) is 2. The molecule has 0 bridgehead atoms. The number of carbonyl (C=O) groups is 1. The van der Waals surface area contributed by atoms with Gasteiger partial charge >= 0.3 is 0 Å². The van der Waals surface area contributed by atoms with E-state index in [1.165, 1.54) is 0 Å². The van der Waals surface area contributed by atoms with Crippen LogP contribution in [0.5, 0.6) is 0 Å². The van der Waals surface area contributed by atoms with Crippen LogP contribution in [-0.2, 0) is 4.79 Å². The largest absolute Gasteiger partial charge is 0.384 e. The average Bonchev–Trinajstić information content (AvgIpc) is 2.13. The molecule has 0 aromatic rings. The predicted octanol–water partition coefficient (Wildman–Crippen LogP) is -0.0439. The first kappa shape index (κ1) is 13.1. The van der Waals surface area contributed by atoms with Crippen LogP contribution in [0.3, 0.4) is 0 Å². The van der Waals surface area contributed by atoms with E-state index < -0.39 is 0 Å². The third-order valence-corrected chi connectivity index (χ3v) is 2.13. The zero-order valence-corrected chi connectivity index (χ0v) is 9.29. The topological polar surface area (TPSA) is 58.4 Å². The Morgan fingerprint density at radius 1 is 1.64 bits per heavy atom. The molecule has 14 heavy (non-hydrogen) atoms. The first-order valence-corrected chi connectivity index (χ1v) is 4.78. The molecule has 0 aliphatic rings. The van der Waals surface area contributed by atoms with Crippen LogP contribution in [0.2, 0.25) is 0 Å². The molecule has 4 nitrogen and oxygen atoms in total. The maximum Gasteiger partial charge on any atom is 0.121 e. The maximum atomic E-state index is 10.5. The quantitative estimate of drug-likeness (QED) is 0.565. The molecular weight excluding hydrogens is 178 g/mol. The van der Waals surface area contributed by atoms with E-state index in [2.05, 4.69) is 11.9 Å². The molecule has 82 valence electrons. The molecule has 0 amide bonds. The van der Waals surface area contributed by atoms with Crippen molar-refractivity contribution in [1.82, 2.24) is 10.2 Å². The second-order valence-corrected chi connectivity index (χ2v) is 3.69. The van der Waals surface area contributed by atoms with Gasteiger partial charge in [-0.1, -0.05) is 6.58 Å². The van der Waals surface area contributed by atoms with Crippen molar-refractivity contribution in [2.75, 3.05) is 20.6 Å². The molecule has 2 unspecified atom stereocenters. The second-order valence-electron chi connectivity index (χ2n) is 3.69. The number of nitrogens with zero attached hydrogens (tertiary/aromatic N) is 1. The van der Waals surface area contributed by atoms with Gasteiger partial charge in [-0.25, -0.2) is 0 Å². The molecule has 0 aromatic heterocycles. The molecule has 0 radical (unpaired) electrons. The molecule has 3 N–H and O–H groups in total. The number of hydrogen-bond acceptors (Lipinski definition) is 4. The van der Waals surface area contributed by atoms with E-state index in [0.717, 1.165) is 12.0 Å². The van der Waals surface area contributed by atoms with Crippen LogP contribution in [0.25, 0.3) is 0 Å². The summed E-state index contributed by atoms with van der Waals surface area (Å²) in [6.07, 6.45) is 1.36. The summed E-state index contributed by atoms with van der Waals surface area (Å²) in [6, 6.07) is 0.234. The van der Waals surface area contributed by atoms with Gasteiger partial charge in [-0.2, -0.15) is 0 Å². The summed E-state index contributed by atoms with van der Waals surface area (Å²) in [7, 11) is 3.85. The summed E-state index contributed by atoms with van der Waals surface area (Å²) in [5, 5.41) is 3.18. The van der Waals surface area contributed by atoms with Crippen LogP contribution in [0, 0.1) is 0 Å². The molecule has 0 aliphatic carbocycles. The number of nitrogens with one attached hydrogen (secondary N) is 1. The van der Waals surface area contributed by atoms with Gasteiger partial charge in [0, 0.05) is 24.7 Å². The fraction of sp³-hybridized carbons (Fsp3) is 0.700. The Kier molecular flexibility index (Phi) is 6.16.